The lowest BCUT2D eigenvalue weighted by atomic mass is 10.1. The highest BCUT2D eigenvalue weighted by molar-refractivity contribution is 7.87. The molecule has 0 amide bonds. The molecule has 1 aliphatic rings. The number of halogens is 2. The number of hydrogen-bond donors (Lipinski definition) is 0. The summed E-state index contributed by atoms with van der Waals surface area (Å²) in [5, 5.41) is -0.198. The third-order valence-corrected chi connectivity index (χ3v) is 5.17. The lowest BCUT2D eigenvalue weighted by Crippen LogP contribution is -2.10. The molecule has 3 nitrogen and oxygen atoms in total. The fourth-order valence-electron chi connectivity index (χ4n) is 2.45. The Morgan fingerprint density at radius 2 is 1.81 bits per heavy atom. The van der Waals surface area contributed by atoms with Crippen molar-refractivity contribution in [3.8, 4) is 5.75 Å². The van der Waals surface area contributed by atoms with Gasteiger partial charge >= 0.3 is 10.1 Å². The van der Waals surface area contributed by atoms with E-state index >= 15 is 0 Å². The van der Waals surface area contributed by atoms with Crippen LogP contribution in [0.25, 0.3) is 0 Å². The zero-order valence-corrected chi connectivity index (χ0v) is 12.5. The Morgan fingerprint density at radius 3 is 2.57 bits per heavy atom. The molecule has 0 saturated carbocycles. The van der Waals surface area contributed by atoms with Crippen LogP contribution in [0, 0.1) is 5.82 Å². The predicted octanol–water partition coefficient (Wildman–Crippen LogP) is 3.74. The van der Waals surface area contributed by atoms with Crippen LogP contribution in [0.4, 0.5) is 4.39 Å². The van der Waals surface area contributed by atoms with Crippen LogP contribution in [0.15, 0.2) is 41.3 Å². The molecule has 3 rings (SSSR count). The lowest BCUT2D eigenvalue weighted by molar-refractivity contribution is 0.485. The first-order valence-electron chi connectivity index (χ1n) is 6.47. The van der Waals surface area contributed by atoms with Crippen molar-refractivity contribution in [3.63, 3.8) is 0 Å². The average molecular weight is 327 g/mol. The SMILES string of the molecule is O=S(=O)(Oc1ccc2c(c1)CCC2)c1ccc(F)cc1Cl. The summed E-state index contributed by atoms with van der Waals surface area (Å²) in [6.45, 7) is 0. The summed E-state index contributed by atoms with van der Waals surface area (Å²) in [5.74, 6) is -0.354. The second-order valence-electron chi connectivity index (χ2n) is 4.90. The standard InChI is InChI=1S/C15H12ClFO3S/c16-14-9-12(17)5-7-15(14)21(18,19)20-13-6-4-10-2-1-3-11(10)8-13/h4-9H,1-3H2. The molecule has 0 atom stereocenters. The fourth-order valence-corrected chi connectivity index (χ4v) is 3.88. The maximum atomic E-state index is 13.0. The zero-order valence-electron chi connectivity index (χ0n) is 11.0. The minimum atomic E-state index is -4.08. The first-order valence-corrected chi connectivity index (χ1v) is 8.26. The van der Waals surface area contributed by atoms with Crippen LogP contribution >= 0.6 is 11.6 Å². The molecule has 0 radical (unpaired) electrons. The van der Waals surface area contributed by atoms with Gasteiger partial charge in [-0.05, 0) is 60.7 Å². The molecule has 0 saturated heterocycles. The third kappa shape index (κ3) is 2.89. The van der Waals surface area contributed by atoms with Crippen molar-refractivity contribution in [3.05, 3.63) is 58.4 Å². The second kappa shape index (κ2) is 5.31. The second-order valence-corrected chi connectivity index (χ2v) is 6.82. The van der Waals surface area contributed by atoms with Gasteiger partial charge in [-0.3, -0.25) is 0 Å². The van der Waals surface area contributed by atoms with Crippen molar-refractivity contribution >= 4 is 21.7 Å². The highest BCUT2D eigenvalue weighted by Crippen LogP contribution is 2.29. The summed E-state index contributed by atoms with van der Waals surface area (Å²) in [6, 6.07) is 8.31. The Hall–Kier alpha value is -1.59. The first-order chi connectivity index (χ1) is 9.95. The van der Waals surface area contributed by atoms with Crippen molar-refractivity contribution in [1.82, 2.24) is 0 Å². The summed E-state index contributed by atoms with van der Waals surface area (Å²) >= 11 is 5.77. The summed E-state index contributed by atoms with van der Waals surface area (Å²) < 4.78 is 42.5. The zero-order chi connectivity index (χ0) is 15.0. The van der Waals surface area contributed by atoms with Crippen LogP contribution in [-0.4, -0.2) is 8.42 Å². The maximum Gasteiger partial charge on any atom is 0.340 e. The smallest absolute Gasteiger partial charge is 0.340 e. The van der Waals surface area contributed by atoms with Crippen molar-refractivity contribution in [2.45, 2.75) is 24.2 Å². The van der Waals surface area contributed by atoms with E-state index in [-0.39, 0.29) is 15.7 Å². The Bertz CT molecular complexity index is 803. The molecule has 0 bridgehead atoms. The Morgan fingerprint density at radius 1 is 1.05 bits per heavy atom. The van der Waals surface area contributed by atoms with Crippen molar-refractivity contribution in [2.24, 2.45) is 0 Å². The maximum absolute atomic E-state index is 13.0. The average Bonchev–Trinajstić information content (AvgIpc) is 2.85. The molecule has 0 spiro atoms. The number of fused-ring (bicyclic) bond motifs is 1. The number of aryl methyl sites for hydroxylation is 2. The molecule has 0 unspecified atom stereocenters. The molecular formula is C15H12ClFO3S. The van der Waals surface area contributed by atoms with E-state index in [0.29, 0.717) is 0 Å². The topological polar surface area (TPSA) is 43.4 Å². The van der Waals surface area contributed by atoms with Gasteiger partial charge in [-0.15, -0.1) is 0 Å². The van der Waals surface area contributed by atoms with E-state index in [1.54, 1.807) is 12.1 Å². The molecule has 2 aromatic rings. The van der Waals surface area contributed by atoms with E-state index in [1.165, 1.54) is 5.56 Å². The van der Waals surface area contributed by atoms with E-state index in [0.717, 1.165) is 43.0 Å². The van der Waals surface area contributed by atoms with Crippen LogP contribution in [0.5, 0.6) is 5.75 Å². The Kier molecular flexibility index (Phi) is 3.63. The molecule has 110 valence electrons. The first kappa shape index (κ1) is 14.4. The largest absolute Gasteiger partial charge is 0.379 e. The van der Waals surface area contributed by atoms with Crippen molar-refractivity contribution in [1.29, 1.82) is 0 Å². The van der Waals surface area contributed by atoms with Gasteiger partial charge in [-0.2, -0.15) is 8.42 Å². The molecule has 0 aromatic heterocycles. The van der Waals surface area contributed by atoms with Gasteiger partial charge in [0.25, 0.3) is 0 Å². The monoisotopic (exact) mass is 326 g/mol. The molecular weight excluding hydrogens is 315 g/mol. The number of hydrogen-bond acceptors (Lipinski definition) is 3. The molecule has 0 heterocycles. The minimum absolute atomic E-state index is 0.198. The van der Waals surface area contributed by atoms with Crippen LogP contribution in [0.2, 0.25) is 5.02 Å². The van der Waals surface area contributed by atoms with Crippen LogP contribution in [-0.2, 0) is 23.0 Å². The van der Waals surface area contributed by atoms with Crippen LogP contribution in [0.1, 0.15) is 17.5 Å². The van der Waals surface area contributed by atoms with Gasteiger partial charge in [0, 0.05) is 0 Å². The highest BCUT2D eigenvalue weighted by Gasteiger charge is 2.22. The summed E-state index contributed by atoms with van der Waals surface area (Å²) in [4.78, 5) is -0.244. The van der Waals surface area contributed by atoms with E-state index in [2.05, 4.69) is 0 Å². The minimum Gasteiger partial charge on any atom is -0.379 e. The highest BCUT2D eigenvalue weighted by atomic mass is 35.5. The molecule has 2 aromatic carbocycles. The van der Waals surface area contributed by atoms with E-state index in [9.17, 15) is 12.8 Å². The van der Waals surface area contributed by atoms with E-state index < -0.39 is 15.9 Å². The van der Waals surface area contributed by atoms with Gasteiger partial charge in [0.05, 0.1) is 5.02 Å². The number of rotatable bonds is 3. The predicted molar refractivity (Wildman–Crippen MR) is 77.7 cm³/mol. The van der Waals surface area contributed by atoms with Gasteiger partial charge in [0.15, 0.2) is 0 Å². The van der Waals surface area contributed by atoms with Gasteiger partial charge in [0.1, 0.15) is 16.5 Å². The quantitative estimate of drug-likeness (QED) is 0.807. The van der Waals surface area contributed by atoms with Gasteiger partial charge < -0.3 is 4.18 Å². The van der Waals surface area contributed by atoms with Gasteiger partial charge in [-0.1, -0.05) is 17.7 Å². The Labute approximate surface area is 127 Å². The van der Waals surface area contributed by atoms with Crippen molar-refractivity contribution in [2.75, 3.05) is 0 Å². The van der Waals surface area contributed by atoms with Crippen LogP contribution < -0.4 is 4.18 Å². The lowest BCUT2D eigenvalue weighted by Gasteiger charge is -2.09. The summed E-state index contributed by atoms with van der Waals surface area (Å²) in [5.41, 5.74) is 2.33. The molecule has 0 aliphatic heterocycles. The summed E-state index contributed by atoms with van der Waals surface area (Å²) in [6.07, 6.45) is 2.99. The summed E-state index contributed by atoms with van der Waals surface area (Å²) in [7, 11) is -4.08. The van der Waals surface area contributed by atoms with Gasteiger partial charge in [-0.25, -0.2) is 4.39 Å². The molecule has 0 N–H and O–H groups in total. The molecule has 6 heteroatoms. The van der Waals surface area contributed by atoms with E-state index in [1.807, 2.05) is 6.07 Å². The fraction of sp³-hybridized carbons (Fsp3) is 0.200. The van der Waals surface area contributed by atoms with Gasteiger partial charge in [0.2, 0.25) is 0 Å². The molecule has 0 fully saturated rings. The third-order valence-electron chi connectivity index (χ3n) is 3.44. The number of benzene rings is 2. The van der Waals surface area contributed by atoms with Crippen LogP contribution in [0.3, 0.4) is 0 Å². The van der Waals surface area contributed by atoms with E-state index in [4.69, 9.17) is 15.8 Å². The molecule has 1 aliphatic carbocycles. The normalized spacial score (nSPS) is 14.0. The molecule has 21 heavy (non-hydrogen) atoms. The van der Waals surface area contributed by atoms with Crippen molar-refractivity contribution < 1.29 is 17.0 Å². The Balaban J connectivity index is 1.92.